The van der Waals surface area contributed by atoms with Gasteiger partial charge in [-0.1, -0.05) is 64.7 Å². The molecule has 226 valence electrons. The molecule has 40 heavy (non-hydrogen) atoms. The molecule has 1 aromatic rings. The van der Waals surface area contributed by atoms with Crippen molar-refractivity contribution in [1.29, 1.82) is 0 Å². The van der Waals surface area contributed by atoms with E-state index in [2.05, 4.69) is 38.1 Å². The van der Waals surface area contributed by atoms with Gasteiger partial charge in [-0.3, -0.25) is 14.1 Å². The summed E-state index contributed by atoms with van der Waals surface area (Å²) in [5.74, 6) is -2.38. The molecule has 0 amide bonds. The molecule has 0 saturated heterocycles. The fourth-order valence-corrected chi connectivity index (χ4v) is 5.28. The number of hydrogen-bond donors (Lipinski definition) is 3. The quantitative estimate of drug-likeness (QED) is 0.0688. The van der Waals surface area contributed by atoms with E-state index >= 15 is 0 Å². The average Bonchev–Trinajstić information content (AvgIpc) is 2.87. The zero-order valence-electron chi connectivity index (χ0n) is 25.0. The molecule has 0 radical (unpaired) electrons. The first-order chi connectivity index (χ1) is 19.0. The summed E-state index contributed by atoms with van der Waals surface area (Å²) >= 11 is 1.09. The van der Waals surface area contributed by atoms with Gasteiger partial charge in [0.15, 0.2) is 5.25 Å². The zero-order valence-corrected chi connectivity index (χ0v) is 27.8. The first kappa shape index (κ1) is 38.9. The van der Waals surface area contributed by atoms with Crippen LogP contribution in [-0.4, -0.2) is 71.7 Å². The number of para-hydroxylation sites is 1. The molecule has 1 rings (SSSR count). The molecule has 0 fully saturated rings. The molecule has 0 aliphatic carbocycles. The number of benzene rings is 1. The van der Waals surface area contributed by atoms with Crippen LogP contribution in [0.1, 0.15) is 129 Å². The molecule has 3 N–H and O–H groups in total. The molecule has 0 aliphatic heterocycles. The second kappa shape index (κ2) is 24.5. The van der Waals surface area contributed by atoms with Gasteiger partial charge in [0.1, 0.15) is 0 Å². The molecule has 0 bridgehead atoms. The second-order valence-electron chi connectivity index (χ2n) is 10.8. The van der Waals surface area contributed by atoms with Crippen LogP contribution in [0.4, 0.5) is 0 Å². The Bertz CT molecular complexity index is 905. The van der Waals surface area contributed by atoms with E-state index in [9.17, 15) is 18.0 Å². The molecule has 0 aliphatic rings. The Kier molecular flexibility index (Phi) is 23.8. The van der Waals surface area contributed by atoms with Crippen LogP contribution in [-0.2, 0) is 26.1 Å². The number of carboxylic acid groups (broad SMARTS) is 2. The summed E-state index contributed by atoms with van der Waals surface area (Å²) < 4.78 is 35.0. The third-order valence-corrected chi connectivity index (χ3v) is 7.95. The maximum Gasteiger partial charge on any atom is 0.325 e. The van der Waals surface area contributed by atoms with E-state index in [1.807, 2.05) is 0 Å². The van der Waals surface area contributed by atoms with Crippen LogP contribution < -0.4 is 4.74 Å². The Morgan fingerprint density at radius 2 is 1.23 bits per heavy atom. The van der Waals surface area contributed by atoms with Gasteiger partial charge in [0.05, 0.1) is 6.42 Å². The minimum absolute atomic E-state index is 0.395. The SMILES string of the molecule is CCCCCCCCCCCCCCCCCCc1ccccc1O[CH](C)[Na].O=C(O)CC(C(=O)O)S(=O)(=O)O. The number of unbranched alkanes of at least 4 members (excludes halogenated alkanes) is 15. The summed E-state index contributed by atoms with van der Waals surface area (Å²) in [6, 6.07) is 8.61. The maximum atomic E-state index is 10.2. The van der Waals surface area contributed by atoms with E-state index in [-0.39, 0.29) is 0 Å². The standard InChI is InChI=1S/C26H45O.C4H6O7S.Na/c1-3-5-6-7-8-9-10-11-12-13-14-15-16-17-18-19-22-25-23-20-21-24-26(25)27-4-2;5-3(6)1-2(4(7)8)12(9,10)11;/h4,20-21,23-24H,3,5-19,22H2,1-2H3;2H,1H2,(H,5,6)(H,7,8)(H,9,10,11);. The number of rotatable bonds is 23. The van der Waals surface area contributed by atoms with Crippen LogP contribution >= 0.6 is 0 Å². The normalized spacial score (nSPS) is 12.7. The molecule has 1 aromatic carbocycles. The predicted molar refractivity (Wildman–Crippen MR) is 161 cm³/mol. The summed E-state index contributed by atoms with van der Waals surface area (Å²) in [6.45, 7) is 4.46. The summed E-state index contributed by atoms with van der Waals surface area (Å²) in [7, 11) is -4.84. The Morgan fingerprint density at radius 3 is 1.57 bits per heavy atom. The summed E-state index contributed by atoms with van der Waals surface area (Å²) in [4.78, 5) is 20.0. The second-order valence-corrected chi connectivity index (χ2v) is 14.0. The van der Waals surface area contributed by atoms with Gasteiger partial charge in [0, 0.05) is 0 Å². The fourth-order valence-electron chi connectivity index (χ4n) is 4.42. The first-order valence-electron chi connectivity index (χ1n) is 15.1. The Balaban J connectivity index is 0.00000106. The fraction of sp³-hybridized carbons (Fsp3) is 0.733. The molecule has 0 spiro atoms. The van der Waals surface area contributed by atoms with Crippen LogP contribution in [0.25, 0.3) is 0 Å². The molecule has 0 saturated carbocycles. The topological polar surface area (TPSA) is 138 Å². The molecule has 0 aromatic heterocycles. The van der Waals surface area contributed by atoms with Gasteiger partial charge in [0.2, 0.25) is 0 Å². The first-order valence-corrected chi connectivity index (χ1v) is 17.8. The van der Waals surface area contributed by atoms with E-state index in [0.717, 1.165) is 33.7 Å². The van der Waals surface area contributed by atoms with Crippen LogP contribution in [0.15, 0.2) is 24.3 Å². The Morgan fingerprint density at radius 1 is 0.800 bits per heavy atom. The number of carboxylic acids is 2. The number of hydrogen-bond acceptors (Lipinski definition) is 5. The van der Waals surface area contributed by atoms with Crippen molar-refractivity contribution < 1.29 is 37.5 Å². The maximum absolute atomic E-state index is 10.2. The van der Waals surface area contributed by atoms with E-state index in [1.54, 1.807) is 0 Å². The van der Waals surface area contributed by atoms with Crippen LogP contribution in [0, 0.1) is 0 Å². The Hall–Kier alpha value is -1.13. The van der Waals surface area contributed by atoms with E-state index in [1.165, 1.54) is 115 Å². The Labute approximate surface area is 259 Å². The van der Waals surface area contributed by atoms with Crippen LogP contribution in [0.5, 0.6) is 5.75 Å². The van der Waals surface area contributed by atoms with Crippen molar-refractivity contribution in [2.24, 2.45) is 0 Å². The average molecular weight is 595 g/mol. The number of ether oxygens (including phenoxy) is 1. The van der Waals surface area contributed by atoms with Crippen molar-refractivity contribution >= 4 is 50.0 Å². The zero-order chi connectivity index (χ0) is 30.2. The minimum atomic E-state index is -4.84. The van der Waals surface area contributed by atoms with Crippen LogP contribution in [0.2, 0.25) is 0 Å². The predicted octanol–water partition coefficient (Wildman–Crippen LogP) is 7.19. The molecular formula is C30H51NaO8S. The monoisotopic (exact) mass is 594 g/mol. The van der Waals surface area contributed by atoms with Crippen molar-refractivity contribution in [2.45, 2.75) is 138 Å². The van der Waals surface area contributed by atoms with Crippen molar-refractivity contribution in [2.75, 3.05) is 0 Å². The van der Waals surface area contributed by atoms with E-state index in [0.29, 0.717) is 3.35 Å². The van der Waals surface area contributed by atoms with Gasteiger partial charge < -0.3 is 10.2 Å². The number of aryl methyl sites for hydroxylation is 1. The van der Waals surface area contributed by atoms with Gasteiger partial charge >= 0.3 is 142 Å². The summed E-state index contributed by atoms with van der Waals surface area (Å²) in [6.07, 6.45) is 22.9. The molecule has 10 heteroatoms. The number of aliphatic carboxylic acids is 2. The smallest absolute Gasteiger partial charge is 0.325 e. The van der Waals surface area contributed by atoms with Crippen molar-refractivity contribution in [3.8, 4) is 5.75 Å². The largest absolute Gasteiger partial charge is 0.481 e. The molecule has 0 heterocycles. The number of carbonyl (C=O) groups is 2. The molecule has 2 atom stereocenters. The van der Waals surface area contributed by atoms with Crippen molar-refractivity contribution in [1.82, 2.24) is 0 Å². The molecule has 2 unspecified atom stereocenters. The minimum Gasteiger partial charge on any atom is -0.481 e. The van der Waals surface area contributed by atoms with Gasteiger partial charge in [0.25, 0.3) is 10.1 Å². The van der Waals surface area contributed by atoms with E-state index < -0.39 is 33.7 Å². The van der Waals surface area contributed by atoms with Gasteiger partial charge in [-0.05, 0) is 0 Å². The summed E-state index contributed by atoms with van der Waals surface area (Å²) in [5, 5.41) is 13.9. The third kappa shape index (κ3) is 22.5. The van der Waals surface area contributed by atoms with Gasteiger partial charge in [-0.25, -0.2) is 0 Å². The van der Waals surface area contributed by atoms with Crippen LogP contribution in [0.3, 0.4) is 0 Å². The third-order valence-electron chi connectivity index (χ3n) is 6.63. The summed E-state index contributed by atoms with van der Waals surface area (Å²) in [5.41, 5.74) is 1.40. The van der Waals surface area contributed by atoms with Gasteiger partial charge in [-0.2, -0.15) is 8.42 Å². The van der Waals surface area contributed by atoms with Crippen molar-refractivity contribution in [3.05, 3.63) is 29.8 Å². The van der Waals surface area contributed by atoms with Gasteiger partial charge in [-0.15, -0.1) is 0 Å². The molecule has 8 nitrogen and oxygen atoms in total. The van der Waals surface area contributed by atoms with Crippen molar-refractivity contribution in [3.63, 3.8) is 0 Å². The van der Waals surface area contributed by atoms with E-state index in [4.69, 9.17) is 19.5 Å². The molecular weight excluding hydrogens is 543 g/mol.